The highest BCUT2D eigenvalue weighted by Gasteiger charge is 2.20. The molecular weight excluding hydrogens is 585 g/mol. The third kappa shape index (κ3) is 16.1. The minimum absolute atomic E-state index is 0.247. The van der Waals surface area contributed by atoms with Crippen LogP contribution in [-0.4, -0.2) is 91.3 Å². The number of oxime groups is 4. The lowest BCUT2D eigenvalue weighted by atomic mass is 10.2. The Hall–Kier alpha value is -2.84. The molecule has 0 aromatic carbocycles. The molecule has 0 saturated heterocycles. The summed E-state index contributed by atoms with van der Waals surface area (Å²) in [6, 6.07) is 0. The van der Waals surface area contributed by atoms with Crippen molar-refractivity contribution in [3.05, 3.63) is 0 Å². The molecule has 0 aliphatic heterocycles. The summed E-state index contributed by atoms with van der Waals surface area (Å²) in [5.41, 5.74) is 0.909. The van der Waals surface area contributed by atoms with E-state index >= 15 is 0 Å². The predicted molar refractivity (Wildman–Crippen MR) is 152 cm³/mol. The molecule has 0 saturated carbocycles. The number of carbonyl (C=O) groups is 4. The Morgan fingerprint density at radius 1 is 0.553 bits per heavy atom. The van der Waals surface area contributed by atoms with Gasteiger partial charge in [-0.1, -0.05) is 20.6 Å². The average molecular weight is 615 g/mol. The topological polar surface area (TPSA) is 168 Å². The number of hydrogen-bond donors (Lipinski definition) is 2. The predicted octanol–water partition coefficient (Wildman–Crippen LogP) is 4.44. The highest BCUT2D eigenvalue weighted by atomic mass is 32.2. The molecule has 0 aliphatic rings. The molecule has 0 unspecified atom stereocenters. The van der Waals surface area contributed by atoms with Crippen molar-refractivity contribution in [2.45, 2.75) is 40.5 Å². The average Bonchev–Trinajstić information content (AvgIpc) is 2.85. The maximum absolute atomic E-state index is 12.1. The zero-order valence-corrected chi connectivity index (χ0v) is 25.4. The summed E-state index contributed by atoms with van der Waals surface area (Å²) in [7, 11) is 5.47. The van der Waals surface area contributed by atoms with Gasteiger partial charge >= 0.3 is 24.4 Å². The van der Waals surface area contributed by atoms with Crippen molar-refractivity contribution in [3.63, 3.8) is 0 Å². The molecule has 4 amide bonds. The third-order valence-corrected chi connectivity index (χ3v) is 5.18. The fourth-order valence-corrected chi connectivity index (χ4v) is 2.84. The lowest BCUT2D eigenvalue weighted by Gasteiger charge is -2.19. The summed E-state index contributed by atoms with van der Waals surface area (Å²) in [6.07, 6.45) is -2.66. The van der Waals surface area contributed by atoms with Gasteiger partial charge in [-0.2, -0.15) is 0 Å². The van der Waals surface area contributed by atoms with Crippen LogP contribution in [0.5, 0.6) is 0 Å². The first-order valence-electron chi connectivity index (χ1n) is 10.3. The van der Waals surface area contributed by atoms with Crippen molar-refractivity contribution in [2.24, 2.45) is 20.6 Å². The van der Waals surface area contributed by atoms with E-state index in [1.54, 1.807) is 13.8 Å². The lowest BCUT2D eigenvalue weighted by Crippen LogP contribution is -2.28. The second-order valence-electron chi connectivity index (χ2n) is 7.01. The molecule has 0 aliphatic carbocycles. The van der Waals surface area contributed by atoms with E-state index in [1.165, 1.54) is 42.0 Å². The Morgan fingerprint density at radius 2 is 0.789 bits per heavy atom. The molecular formula is C18H30N8O8S4. The maximum atomic E-state index is 12.1. The van der Waals surface area contributed by atoms with Crippen molar-refractivity contribution >= 4 is 95.4 Å². The summed E-state index contributed by atoms with van der Waals surface area (Å²) >= 11 is 9.15. The van der Waals surface area contributed by atoms with Gasteiger partial charge in [0.1, 0.15) is 10.1 Å². The fraction of sp³-hybridized carbons (Fsp3) is 0.556. The van der Waals surface area contributed by atoms with Gasteiger partial charge in [0.15, 0.2) is 0 Å². The Balaban J connectivity index is 4.56. The van der Waals surface area contributed by atoms with Crippen LogP contribution in [0.4, 0.5) is 19.2 Å². The van der Waals surface area contributed by atoms with Crippen LogP contribution in [0, 0.1) is 0 Å². The zero-order valence-electron chi connectivity index (χ0n) is 22.0. The van der Waals surface area contributed by atoms with Crippen molar-refractivity contribution in [1.29, 1.82) is 0 Å². The van der Waals surface area contributed by atoms with Gasteiger partial charge in [0.2, 0.25) is 0 Å². The summed E-state index contributed by atoms with van der Waals surface area (Å²) in [4.78, 5) is 66.4. The Kier molecular flexibility index (Phi) is 17.0. The van der Waals surface area contributed by atoms with Crippen LogP contribution in [-0.2, 0) is 19.4 Å². The number of rotatable bonds is 11. The molecule has 0 aromatic heterocycles. The second-order valence-corrected chi connectivity index (χ2v) is 10.8. The van der Waals surface area contributed by atoms with E-state index < -0.39 is 24.4 Å². The standard InChI is InChI=1S/C18H30N8O8S4/c1-11(19-31-15(27)23(5)37-25(7)17(29)33-21-13(3)35)9-10-12(2)20-32-16(28)24(6)38-26(8)18(30)34-22-14(4)36/h9-10H2,1-8H3,(H,21,35)(H,22,36)/b19-11+,20-12+. The van der Waals surface area contributed by atoms with Gasteiger partial charge in [-0.25, -0.2) is 36.4 Å². The summed E-state index contributed by atoms with van der Waals surface area (Å²) in [5, 5.41) is 14.8. The lowest BCUT2D eigenvalue weighted by molar-refractivity contribution is 0.129. The Morgan fingerprint density at radius 3 is 1.03 bits per heavy atom. The summed E-state index contributed by atoms with van der Waals surface area (Å²) < 4.78 is 4.05. The quantitative estimate of drug-likeness (QED) is 0.0847. The van der Waals surface area contributed by atoms with Crippen LogP contribution in [0.2, 0.25) is 0 Å². The first-order chi connectivity index (χ1) is 17.6. The smallest absolute Gasteiger partial charge is 0.297 e. The fourth-order valence-electron chi connectivity index (χ4n) is 1.63. The molecule has 0 spiro atoms. The van der Waals surface area contributed by atoms with E-state index in [4.69, 9.17) is 9.68 Å². The minimum atomic E-state index is -0.843. The van der Waals surface area contributed by atoms with E-state index in [0.29, 0.717) is 48.5 Å². The molecule has 0 fully saturated rings. The first-order valence-corrected chi connectivity index (χ1v) is 12.7. The maximum Gasteiger partial charge on any atom is 0.447 e. The van der Waals surface area contributed by atoms with Crippen LogP contribution in [0.15, 0.2) is 20.6 Å². The van der Waals surface area contributed by atoms with Crippen molar-refractivity contribution < 1.29 is 38.5 Å². The van der Waals surface area contributed by atoms with Gasteiger partial charge in [0.25, 0.3) is 0 Å². The van der Waals surface area contributed by atoms with Gasteiger partial charge in [-0.3, -0.25) is 19.4 Å². The minimum Gasteiger partial charge on any atom is -0.297 e. The van der Waals surface area contributed by atoms with E-state index in [-0.39, 0.29) is 10.1 Å². The summed E-state index contributed by atoms with van der Waals surface area (Å²) in [5.74, 6) is 0. The first kappa shape index (κ1) is 35.2. The van der Waals surface area contributed by atoms with Gasteiger partial charge in [-0.15, -0.1) is 25.3 Å². The van der Waals surface area contributed by atoms with Crippen LogP contribution >= 0.6 is 49.5 Å². The van der Waals surface area contributed by atoms with Crippen molar-refractivity contribution in [2.75, 3.05) is 28.2 Å². The largest absolute Gasteiger partial charge is 0.447 e. The second kappa shape index (κ2) is 18.4. The molecule has 0 bridgehead atoms. The number of amides is 4. The third-order valence-electron chi connectivity index (χ3n) is 3.44. The van der Waals surface area contributed by atoms with Crippen LogP contribution < -0.4 is 0 Å². The SMILES string of the molecule is C/C(S)=N\OC(=O)N(C)SN(C)C(=O)O/N=C(\C)CC/C(C)=N/OC(=O)N(C)SN(C)C(=O)O/N=C(\C)S. The van der Waals surface area contributed by atoms with Gasteiger partial charge in [0, 0.05) is 28.2 Å². The molecule has 16 nitrogen and oxygen atoms in total. The molecule has 0 heterocycles. The molecule has 0 atom stereocenters. The van der Waals surface area contributed by atoms with Gasteiger partial charge in [-0.05, 0) is 40.5 Å². The molecule has 0 radical (unpaired) electrons. The van der Waals surface area contributed by atoms with E-state index in [9.17, 15) is 19.2 Å². The van der Waals surface area contributed by atoms with E-state index in [1.807, 2.05) is 0 Å². The number of hydrogen-bond acceptors (Lipinski definition) is 14. The van der Waals surface area contributed by atoms with Gasteiger partial charge in [0.05, 0.1) is 35.7 Å². The molecule has 0 rings (SSSR count). The van der Waals surface area contributed by atoms with Gasteiger partial charge < -0.3 is 0 Å². The number of thiol groups is 2. The van der Waals surface area contributed by atoms with Crippen LogP contribution in [0.3, 0.4) is 0 Å². The molecule has 214 valence electrons. The van der Waals surface area contributed by atoms with E-state index in [0.717, 1.165) is 17.2 Å². The van der Waals surface area contributed by atoms with Crippen LogP contribution in [0.25, 0.3) is 0 Å². The van der Waals surface area contributed by atoms with Crippen molar-refractivity contribution in [3.8, 4) is 0 Å². The normalized spacial score (nSPS) is 12.4. The Labute approximate surface area is 240 Å². The highest BCUT2D eigenvalue weighted by molar-refractivity contribution is 7.97. The Bertz CT molecular complexity index is 894. The summed E-state index contributed by atoms with van der Waals surface area (Å²) in [6.45, 7) is 6.30. The molecule has 0 N–H and O–H groups in total. The number of carbonyl (C=O) groups excluding carboxylic acids is 4. The molecule has 20 heteroatoms. The monoisotopic (exact) mass is 614 g/mol. The molecule has 0 aromatic rings. The number of nitrogens with zero attached hydrogens (tertiary/aromatic N) is 8. The van der Waals surface area contributed by atoms with Crippen LogP contribution in [0.1, 0.15) is 40.5 Å². The van der Waals surface area contributed by atoms with Crippen molar-refractivity contribution in [1.82, 2.24) is 17.2 Å². The highest BCUT2D eigenvalue weighted by Crippen LogP contribution is 2.16. The van der Waals surface area contributed by atoms with E-state index in [2.05, 4.69) is 55.6 Å². The zero-order chi connectivity index (χ0) is 29.4. The molecule has 38 heavy (non-hydrogen) atoms.